The number of amides is 1. The zero-order valence-corrected chi connectivity index (χ0v) is 15.1. The molecule has 1 aromatic heterocycles. The van der Waals surface area contributed by atoms with Crippen LogP contribution in [0, 0.1) is 5.92 Å². The molecule has 1 saturated heterocycles. The quantitative estimate of drug-likeness (QED) is 0.927. The minimum Gasteiger partial charge on any atom is -0.378 e. The highest BCUT2D eigenvalue weighted by atomic mass is 16.2. The third-order valence-electron chi connectivity index (χ3n) is 4.48. The fourth-order valence-corrected chi connectivity index (χ4v) is 3.04. The summed E-state index contributed by atoms with van der Waals surface area (Å²) < 4.78 is 0. The third-order valence-corrected chi connectivity index (χ3v) is 4.48. The number of benzene rings is 1. The van der Waals surface area contributed by atoms with E-state index in [1.165, 1.54) is 6.42 Å². The molecule has 1 aromatic carbocycles. The minimum atomic E-state index is -0.0269. The molecule has 1 unspecified atom stereocenters. The maximum atomic E-state index is 12.5. The Bertz CT molecular complexity index is 712. The molecule has 6 heteroatoms. The monoisotopic (exact) mass is 339 g/mol. The van der Waals surface area contributed by atoms with Gasteiger partial charge in [-0.25, -0.2) is 0 Å². The van der Waals surface area contributed by atoms with Gasteiger partial charge in [0.05, 0.1) is 0 Å². The molecule has 6 nitrogen and oxygen atoms in total. The van der Waals surface area contributed by atoms with E-state index in [4.69, 9.17) is 0 Å². The van der Waals surface area contributed by atoms with Gasteiger partial charge in [-0.2, -0.15) is 0 Å². The molecule has 0 radical (unpaired) electrons. The van der Waals surface area contributed by atoms with Crippen LogP contribution in [0.15, 0.2) is 36.4 Å². The summed E-state index contributed by atoms with van der Waals surface area (Å²) in [5, 5.41) is 11.5. The van der Waals surface area contributed by atoms with E-state index in [1.807, 2.05) is 48.2 Å². The summed E-state index contributed by atoms with van der Waals surface area (Å²) >= 11 is 0. The average molecular weight is 339 g/mol. The van der Waals surface area contributed by atoms with E-state index in [0.717, 1.165) is 30.9 Å². The Hall–Kier alpha value is -2.63. The van der Waals surface area contributed by atoms with Crippen LogP contribution in [-0.2, 0) is 0 Å². The molecule has 3 rings (SSSR count). The number of hydrogen-bond acceptors (Lipinski definition) is 5. The Balaban J connectivity index is 1.64. The molecule has 25 heavy (non-hydrogen) atoms. The molecular formula is C19H25N5O. The molecular weight excluding hydrogens is 314 g/mol. The summed E-state index contributed by atoms with van der Waals surface area (Å²) in [4.78, 5) is 16.4. The van der Waals surface area contributed by atoms with Crippen LogP contribution in [0.5, 0.6) is 0 Å². The van der Waals surface area contributed by atoms with E-state index in [1.54, 1.807) is 12.1 Å². The number of piperidine rings is 1. The van der Waals surface area contributed by atoms with E-state index < -0.39 is 0 Å². The standard InChI is InChI=1S/C19H25N5O/c1-14-5-4-12-24(13-14)19(25)17-10-11-18(22-21-17)20-15-6-8-16(9-7-15)23(2)3/h6-11,14H,4-5,12-13H2,1-3H3,(H,20,22). The fourth-order valence-electron chi connectivity index (χ4n) is 3.04. The number of anilines is 3. The fraction of sp³-hybridized carbons (Fsp3) is 0.421. The Kier molecular flexibility index (Phi) is 5.16. The number of carbonyl (C=O) groups excluding carboxylic acids is 1. The van der Waals surface area contributed by atoms with E-state index in [0.29, 0.717) is 17.4 Å². The number of nitrogens with one attached hydrogen (secondary N) is 1. The first kappa shape index (κ1) is 17.2. The smallest absolute Gasteiger partial charge is 0.274 e. The molecule has 0 bridgehead atoms. The van der Waals surface area contributed by atoms with E-state index >= 15 is 0 Å². The molecule has 1 aliphatic rings. The van der Waals surface area contributed by atoms with Crippen molar-refractivity contribution >= 4 is 23.1 Å². The highest BCUT2D eigenvalue weighted by Crippen LogP contribution is 2.20. The van der Waals surface area contributed by atoms with Crippen molar-refractivity contribution in [2.45, 2.75) is 19.8 Å². The van der Waals surface area contributed by atoms with Crippen molar-refractivity contribution < 1.29 is 4.79 Å². The Labute approximate surface area is 148 Å². The highest BCUT2D eigenvalue weighted by Gasteiger charge is 2.23. The van der Waals surface area contributed by atoms with Gasteiger partial charge in [0, 0.05) is 38.6 Å². The van der Waals surface area contributed by atoms with Crippen molar-refractivity contribution in [1.82, 2.24) is 15.1 Å². The molecule has 132 valence electrons. The number of rotatable bonds is 4. The summed E-state index contributed by atoms with van der Waals surface area (Å²) in [6.07, 6.45) is 2.24. The molecule has 0 saturated carbocycles. The van der Waals surface area contributed by atoms with Crippen molar-refractivity contribution in [2.24, 2.45) is 5.92 Å². The van der Waals surface area contributed by atoms with Crippen molar-refractivity contribution in [3.05, 3.63) is 42.1 Å². The van der Waals surface area contributed by atoms with Crippen molar-refractivity contribution in [3.63, 3.8) is 0 Å². The van der Waals surface area contributed by atoms with Gasteiger partial charge < -0.3 is 15.1 Å². The van der Waals surface area contributed by atoms with E-state index in [2.05, 4.69) is 22.4 Å². The third kappa shape index (κ3) is 4.26. The number of likely N-dealkylation sites (tertiary alicyclic amines) is 1. The lowest BCUT2D eigenvalue weighted by atomic mass is 10.00. The predicted octanol–water partition coefficient (Wildman–Crippen LogP) is 3.16. The zero-order valence-electron chi connectivity index (χ0n) is 15.1. The molecule has 2 aromatic rings. The topological polar surface area (TPSA) is 61.4 Å². The van der Waals surface area contributed by atoms with Gasteiger partial charge in [-0.15, -0.1) is 10.2 Å². The Morgan fingerprint density at radius 3 is 2.52 bits per heavy atom. The molecule has 1 fully saturated rings. The largest absolute Gasteiger partial charge is 0.378 e. The first-order valence-corrected chi connectivity index (χ1v) is 8.70. The number of nitrogens with zero attached hydrogens (tertiary/aromatic N) is 4. The molecule has 1 aliphatic heterocycles. The number of hydrogen-bond donors (Lipinski definition) is 1. The van der Waals surface area contributed by atoms with Gasteiger partial charge in [0.2, 0.25) is 0 Å². The van der Waals surface area contributed by atoms with Crippen molar-refractivity contribution in [3.8, 4) is 0 Å². The first-order chi connectivity index (χ1) is 12.0. The second-order valence-electron chi connectivity index (χ2n) is 6.87. The van der Waals surface area contributed by atoms with Gasteiger partial charge in [0.1, 0.15) is 0 Å². The van der Waals surface area contributed by atoms with Crippen LogP contribution in [0.4, 0.5) is 17.2 Å². The molecule has 2 heterocycles. The van der Waals surface area contributed by atoms with Crippen LogP contribution in [0.2, 0.25) is 0 Å². The van der Waals surface area contributed by atoms with Gasteiger partial charge in [-0.3, -0.25) is 4.79 Å². The van der Waals surface area contributed by atoms with Crippen LogP contribution in [-0.4, -0.2) is 48.2 Å². The van der Waals surface area contributed by atoms with Gasteiger partial charge >= 0.3 is 0 Å². The second-order valence-corrected chi connectivity index (χ2v) is 6.87. The Morgan fingerprint density at radius 1 is 1.16 bits per heavy atom. The lowest BCUT2D eigenvalue weighted by Crippen LogP contribution is -2.39. The zero-order chi connectivity index (χ0) is 17.8. The molecule has 1 amide bonds. The molecule has 1 atom stereocenters. The average Bonchev–Trinajstić information content (AvgIpc) is 2.62. The van der Waals surface area contributed by atoms with Crippen LogP contribution in [0.25, 0.3) is 0 Å². The van der Waals surface area contributed by atoms with Gasteiger partial charge in [-0.05, 0) is 55.2 Å². The van der Waals surface area contributed by atoms with E-state index in [-0.39, 0.29) is 5.91 Å². The number of aromatic nitrogens is 2. The van der Waals surface area contributed by atoms with E-state index in [9.17, 15) is 4.79 Å². The van der Waals surface area contributed by atoms with Crippen LogP contribution >= 0.6 is 0 Å². The summed E-state index contributed by atoms with van der Waals surface area (Å²) in [5.41, 5.74) is 2.47. The first-order valence-electron chi connectivity index (χ1n) is 8.70. The maximum absolute atomic E-state index is 12.5. The van der Waals surface area contributed by atoms with Gasteiger partial charge in [0.25, 0.3) is 5.91 Å². The van der Waals surface area contributed by atoms with Gasteiger partial charge in [0.15, 0.2) is 11.5 Å². The second kappa shape index (κ2) is 7.51. The van der Waals surface area contributed by atoms with Crippen LogP contribution < -0.4 is 10.2 Å². The maximum Gasteiger partial charge on any atom is 0.274 e. The molecule has 0 spiro atoms. The summed E-state index contributed by atoms with van der Waals surface area (Å²) in [7, 11) is 4.01. The summed E-state index contributed by atoms with van der Waals surface area (Å²) in [6.45, 7) is 3.79. The van der Waals surface area contributed by atoms with Crippen LogP contribution in [0.3, 0.4) is 0 Å². The normalized spacial score (nSPS) is 17.2. The highest BCUT2D eigenvalue weighted by molar-refractivity contribution is 5.92. The molecule has 0 aliphatic carbocycles. The summed E-state index contributed by atoms with van der Waals surface area (Å²) in [5.74, 6) is 1.15. The summed E-state index contributed by atoms with van der Waals surface area (Å²) in [6, 6.07) is 11.6. The predicted molar refractivity (Wildman–Crippen MR) is 100 cm³/mol. The molecule has 1 N–H and O–H groups in total. The van der Waals surface area contributed by atoms with Crippen LogP contribution in [0.1, 0.15) is 30.3 Å². The van der Waals surface area contributed by atoms with Gasteiger partial charge in [-0.1, -0.05) is 6.92 Å². The lowest BCUT2D eigenvalue weighted by Gasteiger charge is -2.30. The van der Waals surface area contributed by atoms with Crippen molar-refractivity contribution in [1.29, 1.82) is 0 Å². The number of carbonyl (C=O) groups is 1. The lowest BCUT2D eigenvalue weighted by molar-refractivity contribution is 0.0676. The SMILES string of the molecule is CC1CCCN(C(=O)c2ccc(Nc3ccc(N(C)C)cc3)nn2)C1. The minimum absolute atomic E-state index is 0.0269. The van der Waals surface area contributed by atoms with Crippen molar-refractivity contribution in [2.75, 3.05) is 37.4 Å². The Morgan fingerprint density at radius 2 is 1.92 bits per heavy atom.